The van der Waals surface area contributed by atoms with Crippen LogP contribution >= 0.6 is 11.3 Å². The number of carbonyl (C=O) groups is 3. The molecule has 0 N–H and O–H groups in total. The van der Waals surface area contributed by atoms with Gasteiger partial charge in [-0.05, 0) is 25.0 Å². The standard InChI is InChI=1S/C19H19N3O3S/c1-12(23)21-8-4-5-13(9-21)17-20-14(11-26-17)10-22-18(24)15-6-2-3-7-16(15)19(22)25/h2-3,6-7,11,13H,4-5,8-10H2,1H3. The van der Waals surface area contributed by atoms with Gasteiger partial charge in [0.2, 0.25) is 5.91 Å². The van der Waals surface area contributed by atoms with Crippen molar-refractivity contribution in [3.8, 4) is 0 Å². The van der Waals surface area contributed by atoms with Crippen molar-refractivity contribution >= 4 is 29.1 Å². The van der Waals surface area contributed by atoms with E-state index in [1.165, 1.54) is 4.90 Å². The number of amides is 3. The van der Waals surface area contributed by atoms with Crippen LogP contribution in [-0.2, 0) is 11.3 Å². The first-order chi connectivity index (χ1) is 12.5. The summed E-state index contributed by atoms with van der Waals surface area (Å²) < 4.78 is 0. The molecule has 2 aromatic rings. The summed E-state index contributed by atoms with van der Waals surface area (Å²) >= 11 is 1.54. The van der Waals surface area contributed by atoms with Crippen molar-refractivity contribution in [3.05, 3.63) is 51.5 Å². The van der Waals surface area contributed by atoms with Gasteiger partial charge in [-0.25, -0.2) is 4.98 Å². The van der Waals surface area contributed by atoms with Crippen LogP contribution in [0, 0.1) is 0 Å². The Kier molecular flexibility index (Phi) is 4.32. The largest absolute Gasteiger partial charge is 0.342 e. The van der Waals surface area contributed by atoms with E-state index < -0.39 is 0 Å². The molecule has 4 rings (SSSR count). The third kappa shape index (κ3) is 2.92. The van der Waals surface area contributed by atoms with Crippen molar-refractivity contribution < 1.29 is 14.4 Å². The maximum atomic E-state index is 12.5. The summed E-state index contributed by atoms with van der Waals surface area (Å²) in [7, 11) is 0. The van der Waals surface area contributed by atoms with Gasteiger partial charge in [-0.1, -0.05) is 12.1 Å². The number of likely N-dealkylation sites (tertiary alicyclic amines) is 1. The summed E-state index contributed by atoms with van der Waals surface area (Å²) in [6, 6.07) is 6.89. The minimum Gasteiger partial charge on any atom is -0.342 e. The molecule has 2 aliphatic rings. The van der Waals surface area contributed by atoms with E-state index >= 15 is 0 Å². The molecule has 0 saturated carbocycles. The first-order valence-electron chi connectivity index (χ1n) is 8.69. The van der Waals surface area contributed by atoms with Crippen LogP contribution < -0.4 is 0 Å². The topological polar surface area (TPSA) is 70.6 Å². The Morgan fingerprint density at radius 1 is 1.23 bits per heavy atom. The summed E-state index contributed by atoms with van der Waals surface area (Å²) in [6.45, 7) is 3.28. The molecule has 1 fully saturated rings. The lowest BCUT2D eigenvalue weighted by molar-refractivity contribution is -0.130. The van der Waals surface area contributed by atoms with Gasteiger partial charge in [0.05, 0.1) is 28.4 Å². The minimum absolute atomic E-state index is 0.0949. The van der Waals surface area contributed by atoms with E-state index in [9.17, 15) is 14.4 Å². The number of aromatic nitrogens is 1. The quantitative estimate of drug-likeness (QED) is 0.780. The molecule has 1 unspecified atom stereocenters. The molecule has 0 radical (unpaired) electrons. The van der Waals surface area contributed by atoms with Crippen LogP contribution in [0.1, 0.15) is 57.1 Å². The first-order valence-corrected chi connectivity index (χ1v) is 9.57. The van der Waals surface area contributed by atoms with Crippen LogP contribution in [0.15, 0.2) is 29.6 Å². The van der Waals surface area contributed by atoms with E-state index in [-0.39, 0.29) is 30.2 Å². The minimum atomic E-state index is -0.263. The first kappa shape index (κ1) is 16.9. The molecule has 2 aliphatic heterocycles. The summed E-state index contributed by atoms with van der Waals surface area (Å²) in [4.78, 5) is 44.3. The molecule has 134 valence electrons. The van der Waals surface area contributed by atoms with Gasteiger partial charge in [-0.3, -0.25) is 19.3 Å². The smallest absolute Gasteiger partial charge is 0.261 e. The lowest BCUT2D eigenvalue weighted by Gasteiger charge is -2.30. The van der Waals surface area contributed by atoms with Crippen LogP contribution in [0.5, 0.6) is 0 Å². The molecule has 0 bridgehead atoms. The Labute approximate surface area is 155 Å². The number of thiazole rings is 1. The molecule has 1 aromatic heterocycles. The molecule has 1 atom stereocenters. The van der Waals surface area contributed by atoms with Crippen molar-refractivity contribution in [1.29, 1.82) is 0 Å². The van der Waals surface area contributed by atoms with E-state index in [1.807, 2.05) is 10.3 Å². The van der Waals surface area contributed by atoms with Crippen LogP contribution in [0.25, 0.3) is 0 Å². The number of benzene rings is 1. The van der Waals surface area contributed by atoms with E-state index in [2.05, 4.69) is 4.98 Å². The van der Waals surface area contributed by atoms with Gasteiger partial charge in [0.1, 0.15) is 0 Å². The van der Waals surface area contributed by atoms with Crippen LogP contribution in [0.4, 0.5) is 0 Å². The van der Waals surface area contributed by atoms with Gasteiger partial charge < -0.3 is 4.90 Å². The highest BCUT2D eigenvalue weighted by Crippen LogP contribution is 2.30. The van der Waals surface area contributed by atoms with Crippen LogP contribution in [0.2, 0.25) is 0 Å². The monoisotopic (exact) mass is 369 g/mol. The third-order valence-electron chi connectivity index (χ3n) is 4.98. The van der Waals surface area contributed by atoms with Gasteiger partial charge >= 0.3 is 0 Å². The Morgan fingerprint density at radius 3 is 2.58 bits per heavy atom. The van der Waals surface area contributed by atoms with Crippen molar-refractivity contribution in [2.24, 2.45) is 0 Å². The SMILES string of the molecule is CC(=O)N1CCCC(c2nc(CN3C(=O)c4ccccc4C3=O)cs2)C1. The normalized spacial score (nSPS) is 19.8. The summed E-state index contributed by atoms with van der Waals surface area (Å²) in [5, 5.41) is 2.88. The van der Waals surface area contributed by atoms with Crippen molar-refractivity contribution in [2.45, 2.75) is 32.2 Å². The number of rotatable bonds is 3. The Balaban J connectivity index is 1.49. The number of hydrogen-bond acceptors (Lipinski definition) is 5. The van der Waals surface area contributed by atoms with Gasteiger partial charge in [0, 0.05) is 31.3 Å². The number of nitrogens with zero attached hydrogens (tertiary/aromatic N) is 3. The number of fused-ring (bicyclic) bond motifs is 1. The number of hydrogen-bond donors (Lipinski definition) is 0. The highest BCUT2D eigenvalue weighted by Gasteiger charge is 2.35. The molecule has 3 heterocycles. The van der Waals surface area contributed by atoms with Gasteiger partial charge in [-0.2, -0.15) is 0 Å². The fourth-order valence-corrected chi connectivity index (χ4v) is 4.53. The molecule has 0 aliphatic carbocycles. The summed E-state index contributed by atoms with van der Waals surface area (Å²) in [5.74, 6) is -0.202. The Bertz CT molecular complexity index is 857. The predicted molar refractivity (Wildman–Crippen MR) is 97.0 cm³/mol. The van der Waals surface area contributed by atoms with E-state index in [1.54, 1.807) is 42.5 Å². The second-order valence-electron chi connectivity index (χ2n) is 6.72. The number of piperidine rings is 1. The summed E-state index contributed by atoms with van der Waals surface area (Å²) in [5.41, 5.74) is 1.63. The number of carbonyl (C=O) groups excluding carboxylic acids is 3. The third-order valence-corrected chi connectivity index (χ3v) is 6.04. The van der Waals surface area contributed by atoms with Crippen LogP contribution in [0.3, 0.4) is 0 Å². The second kappa shape index (κ2) is 6.64. The molecule has 7 heteroatoms. The number of imide groups is 1. The van der Waals surface area contributed by atoms with E-state index in [0.29, 0.717) is 17.7 Å². The van der Waals surface area contributed by atoms with Crippen molar-refractivity contribution in [2.75, 3.05) is 13.1 Å². The maximum absolute atomic E-state index is 12.5. The highest BCUT2D eigenvalue weighted by molar-refractivity contribution is 7.09. The molecule has 0 spiro atoms. The molecule has 1 aromatic carbocycles. The molecule has 1 saturated heterocycles. The second-order valence-corrected chi connectivity index (χ2v) is 7.61. The zero-order valence-corrected chi connectivity index (χ0v) is 15.3. The fourth-order valence-electron chi connectivity index (χ4n) is 3.59. The highest BCUT2D eigenvalue weighted by atomic mass is 32.1. The lowest BCUT2D eigenvalue weighted by atomic mass is 9.99. The molecule has 26 heavy (non-hydrogen) atoms. The average molecular weight is 369 g/mol. The van der Waals surface area contributed by atoms with Gasteiger partial charge in [0.15, 0.2) is 0 Å². The van der Waals surface area contributed by atoms with Crippen molar-refractivity contribution in [3.63, 3.8) is 0 Å². The zero-order chi connectivity index (χ0) is 18.3. The predicted octanol–water partition coefficient (Wildman–Crippen LogP) is 2.67. The average Bonchev–Trinajstić information content (AvgIpc) is 3.22. The lowest BCUT2D eigenvalue weighted by Crippen LogP contribution is -2.37. The molecule has 6 nitrogen and oxygen atoms in total. The molecular weight excluding hydrogens is 350 g/mol. The van der Waals surface area contributed by atoms with Crippen molar-refractivity contribution in [1.82, 2.24) is 14.8 Å². The van der Waals surface area contributed by atoms with Gasteiger partial charge in [-0.15, -0.1) is 11.3 Å². The van der Waals surface area contributed by atoms with E-state index in [0.717, 1.165) is 30.1 Å². The maximum Gasteiger partial charge on any atom is 0.261 e. The van der Waals surface area contributed by atoms with Gasteiger partial charge in [0.25, 0.3) is 11.8 Å². The molecular formula is C19H19N3O3S. The molecule has 3 amide bonds. The van der Waals surface area contributed by atoms with Crippen LogP contribution in [-0.4, -0.2) is 45.6 Å². The zero-order valence-electron chi connectivity index (χ0n) is 14.5. The summed E-state index contributed by atoms with van der Waals surface area (Å²) in [6.07, 6.45) is 1.97. The fraction of sp³-hybridized carbons (Fsp3) is 0.368. The van der Waals surface area contributed by atoms with E-state index in [4.69, 9.17) is 0 Å². The Hall–Kier alpha value is -2.54. The Morgan fingerprint density at radius 2 is 1.92 bits per heavy atom.